The molecule has 61 heavy (non-hydrogen) atoms. The number of carbonyl (C=O) groups excluding carboxylic acids is 1. The Kier molecular flexibility index (Phi) is 37.1. The molecule has 0 aromatic carbocycles. The molecule has 0 aromatic rings. The molecular weight excluding hydrogens is 775 g/mol. The van der Waals surface area contributed by atoms with Gasteiger partial charge in [-0.2, -0.15) is 0 Å². The maximum atomic E-state index is 13.1. The summed E-state index contributed by atoms with van der Waals surface area (Å²) in [4.78, 5) is 13.1. The molecule has 1 aliphatic rings. The summed E-state index contributed by atoms with van der Waals surface area (Å²) in [5, 5.41) is 75.7. The number of hydrogen-bond donors (Lipinski definition) is 8. The maximum Gasteiger partial charge on any atom is 0.249 e. The third kappa shape index (κ3) is 29.2. The number of allylic oxidation sites excluding steroid dienone is 8. The Bertz CT molecular complexity index is 1130. The molecule has 0 aliphatic carbocycles. The van der Waals surface area contributed by atoms with Crippen LogP contribution in [0.1, 0.15) is 194 Å². The molecule has 1 amide bonds. The lowest BCUT2D eigenvalue weighted by atomic mass is 9.98. The number of amides is 1. The maximum absolute atomic E-state index is 13.1. The van der Waals surface area contributed by atoms with Crippen molar-refractivity contribution >= 4 is 5.91 Å². The summed E-state index contributed by atoms with van der Waals surface area (Å²) in [6.07, 6.45) is 35.9. The van der Waals surface area contributed by atoms with Crippen LogP contribution in [-0.4, -0.2) is 110 Å². The van der Waals surface area contributed by atoms with Gasteiger partial charge < -0.3 is 50.5 Å². The van der Waals surface area contributed by atoms with Crippen LogP contribution >= 0.6 is 0 Å². The standard InChI is InChI=1S/C50H91NO10/c1-3-5-7-9-11-13-15-17-19-20-21-22-23-24-26-28-30-32-34-36-38-43(54)49(59)51-41(40-60-50-48(58)47(57)46(56)44(39-52)61-50)45(55)42(53)37-35-33-31-29-27-25-18-16-14-12-10-8-6-4-2/h5,7,11,13,16,18,29,31,41-48,50,52-58H,3-4,6,8-10,12,14-15,17,19-28,30,32-40H2,1-2H3,(H,51,59)/b7-5-,13-11-,18-16+,31-29+. The highest BCUT2D eigenvalue weighted by molar-refractivity contribution is 5.80. The molecular formula is C50H91NO10. The second-order valence-electron chi connectivity index (χ2n) is 17.1. The molecule has 1 aliphatic heterocycles. The van der Waals surface area contributed by atoms with E-state index in [-0.39, 0.29) is 12.8 Å². The van der Waals surface area contributed by atoms with Crippen LogP contribution in [0.4, 0.5) is 0 Å². The third-order valence-electron chi connectivity index (χ3n) is 11.6. The van der Waals surface area contributed by atoms with Crippen LogP contribution in [0, 0.1) is 0 Å². The van der Waals surface area contributed by atoms with Gasteiger partial charge >= 0.3 is 0 Å². The summed E-state index contributed by atoms with van der Waals surface area (Å²) in [5.41, 5.74) is 0. The molecule has 356 valence electrons. The van der Waals surface area contributed by atoms with E-state index in [0.29, 0.717) is 19.3 Å². The van der Waals surface area contributed by atoms with Crippen LogP contribution < -0.4 is 5.32 Å². The van der Waals surface area contributed by atoms with Crippen LogP contribution in [-0.2, 0) is 14.3 Å². The molecule has 11 nitrogen and oxygen atoms in total. The van der Waals surface area contributed by atoms with Crippen molar-refractivity contribution in [2.75, 3.05) is 13.2 Å². The number of ether oxygens (including phenoxy) is 2. The fourth-order valence-electron chi connectivity index (χ4n) is 7.55. The summed E-state index contributed by atoms with van der Waals surface area (Å²) in [5.74, 6) is -0.713. The van der Waals surface area contributed by atoms with Gasteiger partial charge in [0.2, 0.25) is 5.91 Å². The molecule has 11 heteroatoms. The highest BCUT2D eigenvalue weighted by Gasteiger charge is 2.44. The van der Waals surface area contributed by atoms with Gasteiger partial charge in [-0.15, -0.1) is 0 Å². The number of aliphatic hydroxyl groups excluding tert-OH is 7. The van der Waals surface area contributed by atoms with Gasteiger partial charge in [0.1, 0.15) is 36.6 Å². The van der Waals surface area contributed by atoms with Gasteiger partial charge in [-0.05, 0) is 77.0 Å². The molecule has 8 N–H and O–H groups in total. The zero-order valence-electron chi connectivity index (χ0n) is 38.4. The van der Waals surface area contributed by atoms with E-state index >= 15 is 0 Å². The van der Waals surface area contributed by atoms with Crippen molar-refractivity contribution in [2.45, 2.75) is 249 Å². The van der Waals surface area contributed by atoms with Crippen molar-refractivity contribution in [3.05, 3.63) is 48.6 Å². The van der Waals surface area contributed by atoms with Crippen LogP contribution in [0.5, 0.6) is 0 Å². The number of aliphatic hydroxyl groups is 7. The molecule has 0 bridgehead atoms. The average Bonchev–Trinajstić information content (AvgIpc) is 3.26. The zero-order valence-corrected chi connectivity index (χ0v) is 38.4. The van der Waals surface area contributed by atoms with E-state index < -0.39 is 74.2 Å². The molecule has 9 unspecified atom stereocenters. The van der Waals surface area contributed by atoms with E-state index in [9.17, 15) is 40.5 Å². The van der Waals surface area contributed by atoms with Crippen molar-refractivity contribution in [3.63, 3.8) is 0 Å². The first kappa shape index (κ1) is 57.1. The molecule has 0 aromatic heterocycles. The second kappa shape index (κ2) is 39.6. The summed E-state index contributed by atoms with van der Waals surface area (Å²) in [6, 6.07) is -1.19. The summed E-state index contributed by atoms with van der Waals surface area (Å²) >= 11 is 0. The largest absolute Gasteiger partial charge is 0.394 e. The summed E-state index contributed by atoms with van der Waals surface area (Å²) in [7, 11) is 0. The smallest absolute Gasteiger partial charge is 0.249 e. The Hall–Kier alpha value is -1.93. The monoisotopic (exact) mass is 866 g/mol. The van der Waals surface area contributed by atoms with E-state index in [2.05, 4.69) is 67.8 Å². The molecule has 1 rings (SSSR count). The average molecular weight is 866 g/mol. The van der Waals surface area contributed by atoms with E-state index in [1.165, 1.54) is 96.3 Å². The number of rotatable bonds is 40. The van der Waals surface area contributed by atoms with E-state index in [1.54, 1.807) is 0 Å². The van der Waals surface area contributed by atoms with Gasteiger partial charge in [-0.1, -0.05) is 165 Å². The highest BCUT2D eigenvalue weighted by atomic mass is 16.7. The van der Waals surface area contributed by atoms with Crippen molar-refractivity contribution in [1.82, 2.24) is 5.32 Å². The third-order valence-corrected chi connectivity index (χ3v) is 11.6. The van der Waals surface area contributed by atoms with Crippen molar-refractivity contribution in [3.8, 4) is 0 Å². The summed E-state index contributed by atoms with van der Waals surface area (Å²) < 4.78 is 11.1. The molecule has 0 saturated carbocycles. The number of nitrogens with one attached hydrogen (secondary N) is 1. The van der Waals surface area contributed by atoms with Gasteiger partial charge in [-0.3, -0.25) is 4.79 Å². The van der Waals surface area contributed by atoms with Gasteiger partial charge in [0.25, 0.3) is 0 Å². The first-order chi connectivity index (χ1) is 29.7. The van der Waals surface area contributed by atoms with Crippen molar-refractivity contribution in [1.29, 1.82) is 0 Å². The quantitative estimate of drug-likeness (QED) is 0.0219. The molecule has 0 radical (unpaired) electrons. The number of unbranched alkanes of at least 4 members (excludes halogenated alkanes) is 20. The normalized spacial score (nSPS) is 21.9. The fourth-order valence-corrected chi connectivity index (χ4v) is 7.55. The first-order valence-corrected chi connectivity index (χ1v) is 24.5. The molecule has 0 spiro atoms. The van der Waals surface area contributed by atoms with Crippen LogP contribution in [0.2, 0.25) is 0 Å². The van der Waals surface area contributed by atoms with Gasteiger partial charge in [0.05, 0.1) is 25.4 Å². The molecule has 1 saturated heterocycles. The molecule has 1 heterocycles. The molecule has 9 atom stereocenters. The van der Waals surface area contributed by atoms with Crippen LogP contribution in [0.25, 0.3) is 0 Å². The Balaban J connectivity index is 2.42. The van der Waals surface area contributed by atoms with Gasteiger partial charge in [0, 0.05) is 0 Å². The van der Waals surface area contributed by atoms with Crippen molar-refractivity contribution < 1.29 is 50.0 Å². The Morgan fingerprint density at radius 2 is 1.08 bits per heavy atom. The van der Waals surface area contributed by atoms with E-state index in [4.69, 9.17) is 9.47 Å². The first-order valence-electron chi connectivity index (χ1n) is 24.5. The number of hydrogen-bond acceptors (Lipinski definition) is 10. The van der Waals surface area contributed by atoms with Crippen molar-refractivity contribution in [2.24, 2.45) is 0 Å². The predicted octanol–water partition coefficient (Wildman–Crippen LogP) is 8.56. The molecule has 1 fully saturated rings. The fraction of sp³-hybridized carbons (Fsp3) is 0.820. The SMILES string of the molecule is CC/C=C\C/C=C\CCCCCCCCCCCCCCCC(O)C(=O)NC(COC1OC(CO)C(O)C(O)C1O)C(O)C(O)CCC/C=C/CC/C=C/CCCCCCC. The van der Waals surface area contributed by atoms with E-state index in [0.717, 1.165) is 51.4 Å². The van der Waals surface area contributed by atoms with Gasteiger partial charge in [-0.25, -0.2) is 0 Å². The Labute approximate surface area is 370 Å². The van der Waals surface area contributed by atoms with Crippen LogP contribution in [0.15, 0.2) is 48.6 Å². The topological polar surface area (TPSA) is 189 Å². The predicted molar refractivity (Wildman–Crippen MR) is 247 cm³/mol. The Morgan fingerprint density at radius 3 is 1.64 bits per heavy atom. The van der Waals surface area contributed by atoms with Gasteiger partial charge in [0.15, 0.2) is 6.29 Å². The minimum Gasteiger partial charge on any atom is -0.394 e. The number of carbonyl (C=O) groups is 1. The van der Waals surface area contributed by atoms with Crippen LogP contribution in [0.3, 0.4) is 0 Å². The summed E-state index contributed by atoms with van der Waals surface area (Å²) in [6.45, 7) is 3.30. The lowest BCUT2D eigenvalue weighted by molar-refractivity contribution is -0.303. The lowest BCUT2D eigenvalue weighted by Gasteiger charge is -2.40. The highest BCUT2D eigenvalue weighted by Crippen LogP contribution is 2.23. The minimum absolute atomic E-state index is 0.245. The van der Waals surface area contributed by atoms with E-state index in [1.807, 2.05) is 0 Å². The second-order valence-corrected chi connectivity index (χ2v) is 17.1. The Morgan fingerprint density at radius 1 is 0.590 bits per heavy atom. The minimum atomic E-state index is -1.67. The zero-order chi connectivity index (χ0) is 44.8. The lowest BCUT2D eigenvalue weighted by Crippen LogP contribution is -2.60.